The predicted octanol–water partition coefficient (Wildman–Crippen LogP) is 1.82. The summed E-state index contributed by atoms with van der Waals surface area (Å²) in [5.74, 6) is 1.25. The predicted molar refractivity (Wildman–Crippen MR) is 90.9 cm³/mol. The Morgan fingerprint density at radius 2 is 2.42 bits per heavy atom. The van der Waals surface area contributed by atoms with Crippen LogP contribution in [0.1, 0.15) is 13.3 Å². The molecule has 0 spiro atoms. The number of aromatic nitrogens is 3. The number of carbonyl (C=O) groups is 1. The summed E-state index contributed by atoms with van der Waals surface area (Å²) in [7, 11) is 1.99. The minimum atomic E-state index is -0.365. The molecule has 2 amide bonds. The maximum atomic E-state index is 12.1. The lowest BCUT2D eigenvalue weighted by Crippen LogP contribution is -2.52. The van der Waals surface area contributed by atoms with Crippen molar-refractivity contribution in [1.82, 2.24) is 19.9 Å². The molecule has 1 N–H and O–H groups in total. The summed E-state index contributed by atoms with van der Waals surface area (Å²) in [6, 6.07) is 3.46. The average Bonchev–Trinajstić information content (AvgIpc) is 3.08. The fourth-order valence-corrected chi connectivity index (χ4v) is 3.19. The van der Waals surface area contributed by atoms with Crippen LogP contribution < -0.4 is 4.90 Å². The Morgan fingerprint density at radius 3 is 3.21 bits per heavy atom. The second kappa shape index (κ2) is 6.66. The Morgan fingerprint density at radius 1 is 1.58 bits per heavy atom. The van der Waals surface area contributed by atoms with E-state index in [9.17, 15) is 4.79 Å². The number of likely N-dealkylation sites (N-methyl/N-ethyl adjacent to an activating group) is 1. The number of nitriles is 1. The number of amides is 2. The molecule has 0 bridgehead atoms. The summed E-state index contributed by atoms with van der Waals surface area (Å²) in [6.45, 7) is 3.38. The first-order valence-corrected chi connectivity index (χ1v) is 7.83. The van der Waals surface area contributed by atoms with Crippen LogP contribution in [0.25, 0.3) is 11.0 Å². The van der Waals surface area contributed by atoms with Gasteiger partial charge in [-0.3, -0.25) is 0 Å². The number of aliphatic imine (C=N–C) groups is 1. The van der Waals surface area contributed by atoms with Gasteiger partial charge < -0.3 is 14.8 Å². The summed E-state index contributed by atoms with van der Waals surface area (Å²) < 4.78 is 0. The topological polar surface area (TPSA) is 101 Å². The number of nitrogens with one attached hydrogen (secondary N) is 1. The molecule has 1 fully saturated rings. The van der Waals surface area contributed by atoms with Gasteiger partial charge in [0.1, 0.15) is 30.1 Å². The van der Waals surface area contributed by atoms with Gasteiger partial charge in [-0.25, -0.2) is 14.8 Å². The van der Waals surface area contributed by atoms with Gasteiger partial charge in [0.25, 0.3) is 0 Å². The third kappa shape index (κ3) is 2.93. The van der Waals surface area contributed by atoms with E-state index in [1.807, 2.05) is 19.3 Å². The number of fused-ring (bicyclic) bond motifs is 1. The Kier molecular flexibility index (Phi) is 4.42. The van der Waals surface area contributed by atoms with E-state index in [4.69, 9.17) is 5.26 Å². The van der Waals surface area contributed by atoms with E-state index in [0.717, 1.165) is 29.5 Å². The molecule has 0 aromatic carbocycles. The number of hydrogen-bond acceptors (Lipinski definition) is 5. The first kappa shape index (κ1) is 15.9. The smallest absolute Gasteiger partial charge is 0.344 e. The fourth-order valence-electron chi connectivity index (χ4n) is 3.19. The Hall–Kier alpha value is -2.95. The van der Waals surface area contributed by atoms with Gasteiger partial charge in [0, 0.05) is 26.3 Å². The largest absolute Gasteiger partial charge is 0.354 e. The zero-order valence-corrected chi connectivity index (χ0v) is 13.7. The zero-order valence-electron chi connectivity index (χ0n) is 13.7. The second-order valence-corrected chi connectivity index (χ2v) is 6.00. The van der Waals surface area contributed by atoms with Crippen molar-refractivity contribution in [2.75, 3.05) is 25.0 Å². The van der Waals surface area contributed by atoms with Crippen LogP contribution in [-0.4, -0.2) is 58.3 Å². The first-order valence-electron chi connectivity index (χ1n) is 7.83. The maximum Gasteiger partial charge on any atom is 0.344 e. The van der Waals surface area contributed by atoms with Crippen LogP contribution in [0.5, 0.6) is 0 Å². The van der Waals surface area contributed by atoms with Gasteiger partial charge in [0.05, 0.1) is 11.4 Å². The van der Waals surface area contributed by atoms with Crippen LogP contribution in [-0.2, 0) is 0 Å². The lowest BCUT2D eigenvalue weighted by Gasteiger charge is -2.41. The van der Waals surface area contributed by atoms with Crippen molar-refractivity contribution >= 4 is 29.1 Å². The van der Waals surface area contributed by atoms with Crippen LogP contribution in [0, 0.1) is 17.2 Å². The van der Waals surface area contributed by atoms with Gasteiger partial charge in [-0.1, -0.05) is 6.92 Å². The van der Waals surface area contributed by atoms with Crippen LogP contribution in [0.4, 0.5) is 10.6 Å². The molecule has 3 rings (SSSR count). The summed E-state index contributed by atoms with van der Waals surface area (Å²) >= 11 is 0. The number of likely N-dealkylation sites (tertiary alicyclic amines) is 1. The van der Waals surface area contributed by atoms with Crippen molar-refractivity contribution in [3.05, 3.63) is 18.6 Å². The van der Waals surface area contributed by atoms with E-state index in [-0.39, 0.29) is 12.1 Å². The molecular formula is C16H19N7O. The van der Waals surface area contributed by atoms with Gasteiger partial charge in [-0.05, 0) is 18.4 Å². The van der Waals surface area contributed by atoms with Crippen LogP contribution >= 0.6 is 0 Å². The van der Waals surface area contributed by atoms with Crippen LogP contribution in [0.3, 0.4) is 0 Å². The van der Waals surface area contributed by atoms with Crippen molar-refractivity contribution in [2.45, 2.75) is 19.4 Å². The highest BCUT2D eigenvalue weighted by Crippen LogP contribution is 2.28. The molecule has 1 aliphatic rings. The number of urea groups is 1. The summed E-state index contributed by atoms with van der Waals surface area (Å²) in [5, 5.41) is 9.49. The van der Waals surface area contributed by atoms with Crippen molar-refractivity contribution in [1.29, 1.82) is 5.26 Å². The molecule has 0 radical (unpaired) electrons. The van der Waals surface area contributed by atoms with E-state index in [1.54, 1.807) is 11.0 Å². The highest BCUT2D eigenvalue weighted by atomic mass is 16.2. The molecule has 2 aromatic rings. The number of carbonyl (C=O) groups excluding carboxylic acids is 1. The van der Waals surface area contributed by atoms with Gasteiger partial charge >= 0.3 is 6.03 Å². The van der Waals surface area contributed by atoms with E-state index in [1.165, 1.54) is 6.33 Å². The van der Waals surface area contributed by atoms with Crippen molar-refractivity contribution in [3.8, 4) is 6.07 Å². The number of nitrogens with zero attached hydrogens (tertiary/aromatic N) is 6. The number of H-pyrrole nitrogens is 1. The highest BCUT2D eigenvalue weighted by molar-refractivity contribution is 5.89. The Labute approximate surface area is 139 Å². The standard InChI is InChI=1S/C16H19N7O/c1-11-4-8-23(16(24)19-7-5-17)9-13(11)22(2)15-12-3-6-18-14(12)20-10-21-15/h3,6-7,10-11,13H,4,8-9H2,1-2H3,(H,18,20,21)/t11-,13+/m1/s1. The molecule has 2 aromatic heterocycles. The molecule has 0 unspecified atom stereocenters. The lowest BCUT2D eigenvalue weighted by molar-refractivity contribution is 0.169. The number of aromatic amines is 1. The fraction of sp³-hybridized carbons (Fsp3) is 0.438. The molecular weight excluding hydrogens is 306 g/mol. The van der Waals surface area contributed by atoms with Gasteiger partial charge in [-0.15, -0.1) is 0 Å². The van der Waals surface area contributed by atoms with E-state index >= 15 is 0 Å². The number of rotatable bonds is 2. The monoisotopic (exact) mass is 325 g/mol. The molecule has 2 atom stereocenters. The maximum absolute atomic E-state index is 12.1. The third-order valence-corrected chi connectivity index (χ3v) is 4.59. The average molecular weight is 325 g/mol. The third-order valence-electron chi connectivity index (χ3n) is 4.59. The molecule has 1 aliphatic heterocycles. The number of anilines is 1. The number of hydrogen-bond donors (Lipinski definition) is 1. The van der Waals surface area contributed by atoms with Gasteiger partial charge in [0.2, 0.25) is 0 Å². The molecule has 124 valence electrons. The molecule has 0 aliphatic carbocycles. The molecule has 8 nitrogen and oxygen atoms in total. The molecule has 1 saturated heterocycles. The van der Waals surface area contributed by atoms with Crippen LogP contribution in [0.2, 0.25) is 0 Å². The molecule has 8 heteroatoms. The first-order chi connectivity index (χ1) is 11.6. The molecule has 3 heterocycles. The van der Waals surface area contributed by atoms with E-state index in [2.05, 4.69) is 31.8 Å². The van der Waals surface area contributed by atoms with E-state index in [0.29, 0.717) is 19.0 Å². The SMILES string of the molecule is C[C@@H]1CCN(C(=O)N=CC#N)C[C@@H]1N(C)c1ncnc2[nH]ccc12. The normalized spacial score (nSPS) is 21.1. The minimum absolute atomic E-state index is 0.119. The number of piperidine rings is 1. The second-order valence-electron chi connectivity index (χ2n) is 6.00. The van der Waals surface area contributed by atoms with Gasteiger partial charge in [0.15, 0.2) is 0 Å². The van der Waals surface area contributed by atoms with Crippen molar-refractivity contribution < 1.29 is 4.79 Å². The quantitative estimate of drug-likeness (QED) is 0.849. The van der Waals surface area contributed by atoms with Crippen LogP contribution in [0.15, 0.2) is 23.6 Å². The van der Waals surface area contributed by atoms with Gasteiger partial charge in [-0.2, -0.15) is 10.3 Å². The van der Waals surface area contributed by atoms with Crippen molar-refractivity contribution in [2.24, 2.45) is 10.9 Å². The highest BCUT2D eigenvalue weighted by Gasteiger charge is 2.32. The minimum Gasteiger partial charge on any atom is -0.354 e. The molecule has 0 saturated carbocycles. The zero-order chi connectivity index (χ0) is 17.1. The summed E-state index contributed by atoms with van der Waals surface area (Å²) in [5.41, 5.74) is 0.793. The van der Waals surface area contributed by atoms with Crippen molar-refractivity contribution in [3.63, 3.8) is 0 Å². The Bertz CT molecular complexity index is 806. The summed E-state index contributed by atoms with van der Waals surface area (Å²) in [6.07, 6.45) is 5.24. The Balaban J connectivity index is 1.84. The summed E-state index contributed by atoms with van der Waals surface area (Å²) in [4.78, 5) is 31.2. The van der Waals surface area contributed by atoms with E-state index < -0.39 is 0 Å². The lowest BCUT2D eigenvalue weighted by atomic mass is 9.92. The molecule has 24 heavy (non-hydrogen) atoms.